The number of aliphatic carboxylic acids is 1. The van der Waals surface area contributed by atoms with Crippen molar-refractivity contribution < 1.29 is 14.7 Å². The van der Waals surface area contributed by atoms with Gasteiger partial charge < -0.3 is 10.1 Å². The van der Waals surface area contributed by atoms with Crippen molar-refractivity contribution in [3.05, 3.63) is 46.8 Å². The van der Waals surface area contributed by atoms with Crippen molar-refractivity contribution in [3.63, 3.8) is 0 Å². The highest BCUT2D eigenvalue weighted by Gasteiger charge is 2.36. The molecule has 0 unspecified atom stereocenters. The fourth-order valence-electron chi connectivity index (χ4n) is 3.47. The van der Waals surface area contributed by atoms with Crippen molar-refractivity contribution in [2.45, 2.75) is 33.1 Å². The fourth-order valence-corrected chi connectivity index (χ4v) is 3.47. The van der Waals surface area contributed by atoms with Crippen molar-refractivity contribution in [3.8, 4) is 0 Å². The Morgan fingerprint density at radius 2 is 2.13 bits per heavy atom. The Hall–Kier alpha value is -2.43. The number of carbonyl (C=O) groups is 2. The van der Waals surface area contributed by atoms with Crippen molar-refractivity contribution >= 4 is 17.6 Å². The number of rotatable bonds is 5. The predicted octanol–water partition coefficient (Wildman–Crippen LogP) is 2.53. The van der Waals surface area contributed by atoms with E-state index in [-0.39, 0.29) is 24.2 Å². The van der Waals surface area contributed by atoms with Gasteiger partial charge in [0.25, 0.3) is 0 Å². The summed E-state index contributed by atoms with van der Waals surface area (Å²) in [5, 5.41) is 8.87. The van der Waals surface area contributed by atoms with Crippen LogP contribution in [0.15, 0.2) is 29.3 Å². The third-order valence-corrected chi connectivity index (χ3v) is 4.74. The van der Waals surface area contributed by atoms with Gasteiger partial charge in [0.2, 0.25) is 5.91 Å². The Morgan fingerprint density at radius 3 is 2.87 bits per heavy atom. The lowest BCUT2D eigenvalue weighted by atomic mass is 9.84. The Labute approximate surface area is 134 Å². The molecule has 5 nitrogen and oxygen atoms in total. The van der Waals surface area contributed by atoms with E-state index in [2.05, 4.69) is 9.98 Å². The average molecular weight is 312 g/mol. The SMILES string of the molecule is Cc1[nH]c(C[C@H]2C(=O)N=C3C=CC=C[C@H]32)c(C)c1CCC(=O)O. The minimum Gasteiger partial charge on any atom is -0.481 e. The molecular formula is C18H20N2O3. The van der Waals surface area contributed by atoms with E-state index in [0.717, 1.165) is 28.2 Å². The minimum absolute atomic E-state index is 0.0537. The van der Waals surface area contributed by atoms with Gasteiger partial charge in [-0.25, -0.2) is 4.99 Å². The predicted molar refractivity (Wildman–Crippen MR) is 87.6 cm³/mol. The van der Waals surface area contributed by atoms with Crippen LogP contribution in [0.25, 0.3) is 0 Å². The summed E-state index contributed by atoms with van der Waals surface area (Å²) < 4.78 is 0. The first-order chi connectivity index (χ1) is 11.0. The maximum atomic E-state index is 12.2. The molecule has 0 saturated heterocycles. The number of carbonyl (C=O) groups excluding carboxylic acids is 1. The number of H-pyrrole nitrogens is 1. The van der Waals surface area contributed by atoms with E-state index in [0.29, 0.717) is 12.8 Å². The molecule has 0 fully saturated rings. The molecule has 2 atom stereocenters. The van der Waals surface area contributed by atoms with Crippen LogP contribution >= 0.6 is 0 Å². The molecular weight excluding hydrogens is 292 g/mol. The highest BCUT2D eigenvalue weighted by Crippen LogP contribution is 2.32. The first-order valence-electron chi connectivity index (χ1n) is 7.83. The van der Waals surface area contributed by atoms with Gasteiger partial charge in [-0.3, -0.25) is 9.59 Å². The second kappa shape index (κ2) is 5.99. The van der Waals surface area contributed by atoms with E-state index in [1.807, 2.05) is 38.2 Å². The zero-order valence-electron chi connectivity index (χ0n) is 13.3. The van der Waals surface area contributed by atoms with Crippen molar-refractivity contribution in [1.29, 1.82) is 0 Å². The molecule has 0 bridgehead atoms. The zero-order chi connectivity index (χ0) is 16.6. The fraction of sp³-hybridized carbons (Fsp3) is 0.389. The molecule has 1 amide bonds. The molecule has 23 heavy (non-hydrogen) atoms. The van der Waals surface area contributed by atoms with E-state index in [1.54, 1.807) is 0 Å². The van der Waals surface area contributed by atoms with E-state index < -0.39 is 5.97 Å². The molecule has 120 valence electrons. The molecule has 1 aliphatic carbocycles. The molecule has 2 aliphatic rings. The largest absolute Gasteiger partial charge is 0.481 e. The number of carboxylic acid groups (broad SMARTS) is 1. The topological polar surface area (TPSA) is 82.5 Å². The summed E-state index contributed by atoms with van der Waals surface area (Å²) in [6.07, 6.45) is 9.02. The molecule has 5 heteroatoms. The normalized spacial score (nSPS) is 22.3. The van der Waals surface area contributed by atoms with Gasteiger partial charge in [0.15, 0.2) is 0 Å². The molecule has 2 heterocycles. The molecule has 0 aromatic carbocycles. The standard InChI is InChI=1S/C18H20N2O3/c1-10-12(7-8-17(21)22)11(2)19-16(10)9-14-13-5-3-4-6-15(13)20-18(14)23/h3-6,13-14,19H,7-9H2,1-2H3,(H,21,22)/t13-,14+/m0/s1. The molecule has 1 aromatic heterocycles. The average Bonchev–Trinajstić information content (AvgIpc) is 2.95. The first kappa shape index (κ1) is 15.5. The van der Waals surface area contributed by atoms with Crippen molar-refractivity contribution in [2.24, 2.45) is 16.8 Å². The van der Waals surface area contributed by atoms with Gasteiger partial charge >= 0.3 is 5.97 Å². The van der Waals surface area contributed by atoms with Crippen LogP contribution in [0.4, 0.5) is 0 Å². The van der Waals surface area contributed by atoms with Crippen LogP contribution in [0.5, 0.6) is 0 Å². The van der Waals surface area contributed by atoms with Crippen LogP contribution in [0, 0.1) is 25.7 Å². The van der Waals surface area contributed by atoms with Crippen LogP contribution in [0.3, 0.4) is 0 Å². The number of hydrogen-bond acceptors (Lipinski definition) is 2. The smallest absolute Gasteiger partial charge is 0.303 e. The van der Waals surface area contributed by atoms with Crippen LogP contribution < -0.4 is 0 Å². The Bertz CT molecular complexity index is 753. The Kier molecular flexibility index (Phi) is 4.03. The van der Waals surface area contributed by atoms with Crippen LogP contribution in [-0.2, 0) is 22.4 Å². The zero-order valence-corrected chi connectivity index (χ0v) is 13.3. The summed E-state index contributed by atoms with van der Waals surface area (Å²) in [7, 11) is 0. The van der Waals surface area contributed by atoms with Crippen molar-refractivity contribution in [2.75, 3.05) is 0 Å². The summed E-state index contributed by atoms with van der Waals surface area (Å²) in [4.78, 5) is 30.5. The molecule has 2 N–H and O–H groups in total. The molecule has 1 aromatic rings. The van der Waals surface area contributed by atoms with E-state index in [1.165, 1.54) is 0 Å². The number of nitrogens with one attached hydrogen (secondary N) is 1. The number of aromatic amines is 1. The van der Waals surface area contributed by atoms with Crippen LogP contribution in [-0.4, -0.2) is 27.7 Å². The Morgan fingerprint density at radius 1 is 1.35 bits per heavy atom. The van der Waals surface area contributed by atoms with Gasteiger partial charge in [-0.05, 0) is 37.5 Å². The summed E-state index contributed by atoms with van der Waals surface area (Å²) >= 11 is 0. The number of fused-ring (bicyclic) bond motifs is 1. The maximum Gasteiger partial charge on any atom is 0.303 e. The summed E-state index contributed by atoms with van der Waals surface area (Å²) in [6.45, 7) is 3.95. The monoisotopic (exact) mass is 312 g/mol. The van der Waals surface area contributed by atoms with Gasteiger partial charge in [-0.2, -0.15) is 0 Å². The number of amides is 1. The van der Waals surface area contributed by atoms with Gasteiger partial charge in [0.1, 0.15) is 0 Å². The lowest BCUT2D eigenvalue weighted by molar-refractivity contribution is -0.137. The molecule has 0 saturated carbocycles. The van der Waals surface area contributed by atoms with E-state index in [9.17, 15) is 9.59 Å². The quantitative estimate of drug-likeness (QED) is 0.876. The van der Waals surface area contributed by atoms with Gasteiger partial charge in [-0.15, -0.1) is 0 Å². The minimum atomic E-state index is -0.797. The lowest BCUT2D eigenvalue weighted by Gasteiger charge is -2.16. The van der Waals surface area contributed by atoms with E-state index in [4.69, 9.17) is 5.11 Å². The molecule has 0 spiro atoms. The van der Waals surface area contributed by atoms with Crippen molar-refractivity contribution in [1.82, 2.24) is 4.98 Å². The number of carboxylic acids is 1. The van der Waals surface area contributed by atoms with Gasteiger partial charge in [-0.1, -0.05) is 18.2 Å². The maximum absolute atomic E-state index is 12.2. The molecule has 3 rings (SSSR count). The number of aliphatic imine (C=N–C) groups is 1. The van der Waals surface area contributed by atoms with E-state index >= 15 is 0 Å². The number of aryl methyl sites for hydroxylation is 1. The third-order valence-electron chi connectivity index (χ3n) is 4.74. The summed E-state index contributed by atoms with van der Waals surface area (Å²) in [5.41, 5.74) is 4.97. The van der Waals surface area contributed by atoms with Gasteiger partial charge in [0, 0.05) is 30.1 Å². The van der Waals surface area contributed by atoms with Crippen LogP contribution in [0.1, 0.15) is 28.9 Å². The Balaban J connectivity index is 1.80. The summed E-state index contributed by atoms with van der Waals surface area (Å²) in [6, 6.07) is 0. The van der Waals surface area contributed by atoms with Gasteiger partial charge in [0.05, 0.1) is 11.6 Å². The van der Waals surface area contributed by atoms with Crippen LogP contribution in [0.2, 0.25) is 0 Å². The first-order valence-corrected chi connectivity index (χ1v) is 7.83. The second-order valence-electron chi connectivity index (χ2n) is 6.18. The number of hydrogen-bond donors (Lipinski definition) is 2. The lowest BCUT2D eigenvalue weighted by Crippen LogP contribution is -2.22. The highest BCUT2D eigenvalue weighted by atomic mass is 16.4. The summed E-state index contributed by atoms with van der Waals surface area (Å²) in [5.74, 6) is -0.983. The number of nitrogens with zero attached hydrogens (tertiary/aromatic N) is 1. The number of aromatic nitrogens is 1. The number of allylic oxidation sites excluding steroid dienone is 4. The second-order valence-corrected chi connectivity index (χ2v) is 6.18. The molecule has 1 aliphatic heterocycles. The highest BCUT2D eigenvalue weighted by molar-refractivity contribution is 6.12. The molecule has 0 radical (unpaired) electrons. The third kappa shape index (κ3) is 2.91.